The molecule has 0 aliphatic carbocycles. The third-order valence-corrected chi connectivity index (χ3v) is 4.09. The predicted molar refractivity (Wildman–Crippen MR) is 84.8 cm³/mol. The zero-order valence-electron chi connectivity index (χ0n) is 13.8. The van der Waals surface area contributed by atoms with Gasteiger partial charge >= 0.3 is 6.09 Å². The minimum Gasteiger partial charge on any atom is -0.444 e. The molecule has 0 saturated carbocycles. The molecular weight excluding hydrogens is 302 g/mol. The molecule has 0 unspecified atom stereocenters. The zero-order chi connectivity index (χ0) is 16.2. The van der Waals surface area contributed by atoms with Gasteiger partial charge in [0.05, 0.1) is 6.61 Å². The first-order chi connectivity index (χ1) is 10.3. The molecule has 1 atom stereocenters. The molecular formula is C15H25N3O3S. The van der Waals surface area contributed by atoms with Gasteiger partial charge in [-0.1, -0.05) is 0 Å². The Labute approximate surface area is 136 Å². The zero-order valence-corrected chi connectivity index (χ0v) is 14.6. The van der Waals surface area contributed by atoms with E-state index in [4.69, 9.17) is 9.47 Å². The molecule has 0 bridgehead atoms. The Morgan fingerprint density at radius 3 is 2.86 bits per heavy atom. The highest BCUT2D eigenvalue weighted by Gasteiger charge is 2.27. The first kappa shape index (κ1) is 17.1. The molecule has 0 radical (unpaired) electrons. The number of rotatable bonds is 4. The summed E-state index contributed by atoms with van der Waals surface area (Å²) in [4.78, 5) is 18.2. The van der Waals surface area contributed by atoms with Crippen molar-refractivity contribution in [2.45, 2.75) is 52.7 Å². The van der Waals surface area contributed by atoms with Gasteiger partial charge in [-0.2, -0.15) is 4.37 Å². The fourth-order valence-electron chi connectivity index (χ4n) is 2.40. The molecule has 1 aromatic heterocycles. The number of ether oxygens (including phenoxy) is 2. The van der Waals surface area contributed by atoms with E-state index in [2.05, 4.69) is 9.36 Å². The van der Waals surface area contributed by atoms with Gasteiger partial charge in [0.15, 0.2) is 0 Å². The van der Waals surface area contributed by atoms with E-state index in [9.17, 15) is 4.79 Å². The highest BCUT2D eigenvalue weighted by atomic mass is 32.1. The fourth-order valence-corrected chi connectivity index (χ4v) is 2.99. The average Bonchev–Trinajstić information content (AvgIpc) is 2.83. The van der Waals surface area contributed by atoms with Gasteiger partial charge in [0.2, 0.25) is 0 Å². The molecule has 1 saturated heterocycles. The van der Waals surface area contributed by atoms with E-state index in [0.717, 1.165) is 30.2 Å². The van der Waals surface area contributed by atoms with Crippen LogP contribution in [0.5, 0.6) is 0 Å². The van der Waals surface area contributed by atoms with Crippen LogP contribution in [0.25, 0.3) is 0 Å². The van der Waals surface area contributed by atoms with Gasteiger partial charge in [0.25, 0.3) is 0 Å². The van der Waals surface area contributed by atoms with Gasteiger partial charge in [-0.05, 0) is 52.1 Å². The number of hydrogen-bond acceptors (Lipinski definition) is 6. The maximum atomic E-state index is 12.1. The van der Waals surface area contributed by atoms with Crippen LogP contribution < -0.4 is 0 Å². The van der Waals surface area contributed by atoms with Crippen LogP contribution in [0.3, 0.4) is 0 Å². The van der Waals surface area contributed by atoms with Crippen LogP contribution in [0, 0.1) is 12.8 Å². The molecule has 2 heterocycles. The van der Waals surface area contributed by atoms with E-state index in [-0.39, 0.29) is 6.09 Å². The van der Waals surface area contributed by atoms with E-state index in [1.54, 1.807) is 4.90 Å². The predicted octanol–water partition coefficient (Wildman–Crippen LogP) is 3.01. The number of nitrogens with zero attached hydrogens (tertiary/aromatic N) is 3. The van der Waals surface area contributed by atoms with E-state index in [1.165, 1.54) is 11.5 Å². The number of likely N-dealkylation sites (tertiary alicyclic amines) is 1. The van der Waals surface area contributed by atoms with Gasteiger partial charge < -0.3 is 14.4 Å². The molecule has 22 heavy (non-hydrogen) atoms. The molecule has 2 rings (SSSR count). The highest BCUT2D eigenvalue weighted by Crippen LogP contribution is 2.20. The van der Waals surface area contributed by atoms with Crippen LogP contribution in [-0.2, 0) is 16.1 Å². The van der Waals surface area contributed by atoms with Crippen molar-refractivity contribution in [1.29, 1.82) is 0 Å². The Morgan fingerprint density at radius 1 is 1.45 bits per heavy atom. The van der Waals surface area contributed by atoms with Crippen LogP contribution >= 0.6 is 11.5 Å². The normalized spacial score (nSPS) is 19.3. The molecule has 0 spiro atoms. The molecule has 124 valence electrons. The van der Waals surface area contributed by atoms with Gasteiger partial charge in [0, 0.05) is 19.0 Å². The Balaban J connectivity index is 1.74. The Morgan fingerprint density at radius 2 is 2.23 bits per heavy atom. The maximum Gasteiger partial charge on any atom is 0.410 e. The lowest BCUT2D eigenvalue weighted by atomic mass is 9.99. The second-order valence-corrected chi connectivity index (χ2v) is 7.52. The Hall–Kier alpha value is -1.21. The van der Waals surface area contributed by atoms with Crippen LogP contribution in [0.1, 0.15) is 44.4 Å². The summed E-state index contributed by atoms with van der Waals surface area (Å²) in [6.45, 7) is 10.1. The van der Waals surface area contributed by atoms with Crippen molar-refractivity contribution < 1.29 is 14.3 Å². The molecule has 1 aliphatic rings. The number of amides is 1. The molecule has 1 aromatic rings. The monoisotopic (exact) mass is 327 g/mol. The average molecular weight is 327 g/mol. The third kappa shape index (κ3) is 5.53. The molecule has 7 heteroatoms. The number of piperidine rings is 1. The first-order valence-corrected chi connectivity index (χ1v) is 8.45. The summed E-state index contributed by atoms with van der Waals surface area (Å²) in [6.07, 6.45) is 1.84. The first-order valence-electron chi connectivity index (χ1n) is 7.68. The quantitative estimate of drug-likeness (QED) is 0.850. The Kier molecular flexibility index (Phi) is 5.74. The van der Waals surface area contributed by atoms with E-state index in [0.29, 0.717) is 25.7 Å². The maximum absolute atomic E-state index is 12.1. The lowest BCUT2D eigenvalue weighted by Gasteiger charge is -2.34. The van der Waals surface area contributed by atoms with E-state index in [1.807, 2.05) is 27.7 Å². The van der Waals surface area contributed by atoms with Crippen molar-refractivity contribution in [1.82, 2.24) is 14.3 Å². The second kappa shape index (κ2) is 7.37. The van der Waals surface area contributed by atoms with Crippen molar-refractivity contribution in [3.63, 3.8) is 0 Å². The number of hydrogen-bond donors (Lipinski definition) is 0. The summed E-state index contributed by atoms with van der Waals surface area (Å²) < 4.78 is 15.3. The van der Waals surface area contributed by atoms with Crippen LogP contribution in [0.4, 0.5) is 4.79 Å². The van der Waals surface area contributed by atoms with Gasteiger partial charge in [-0.15, -0.1) is 0 Å². The van der Waals surface area contributed by atoms with Gasteiger partial charge in [-0.25, -0.2) is 9.78 Å². The van der Waals surface area contributed by atoms with Crippen molar-refractivity contribution in [3.8, 4) is 0 Å². The van der Waals surface area contributed by atoms with Crippen molar-refractivity contribution in [2.75, 3.05) is 19.7 Å². The second-order valence-electron chi connectivity index (χ2n) is 6.69. The topological polar surface area (TPSA) is 64.5 Å². The standard InChI is InChI=1S/C15H25N3O3S/c1-11-16-13(22-17-11)10-20-9-12-6-5-7-18(8-12)14(19)21-15(2,3)4/h12H,5-10H2,1-4H3/t12-/m0/s1. The lowest BCUT2D eigenvalue weighted by Crippen LogP contribution is -2.43. The molecule has 1 fully saturated rings. The smallest absolute Gasteiger partial charge is 0.410 e. The molecule has 6 nitrogen and oxygen atoms in total. The summed E-state index contributed by atoms with van der Waals surface area (Å²) in [5, 5.41) is 0.900. The number of aryl methyl sites for hydroxylation is 1. The lowest BCUT2D eigenvalue weighted by molar-refractivity contribution is 0.00591. The number of carbonyl (C=O) groups is 1. The number of aromatic nitrogens is 2. The molecule has 1 amide bonds. The SMILES string of the molecule is Cc1nsc(COC[C@H]2CCCN(C(=O)OC(C)(C)C)C2)n1. The molecule has 0 aromatic carbocycles. The largest absolute Gasteiger partial charge is 0.444 e. The highest BCUT2D eigenvalue weighted by molar-refractivity contribution is 7.05. The minimum absolute atomic E-state index is 0.225. The van der Waals surface area contributed by atoms with Gasteiger partial charge in [-0.3, -0.25) is 0 Å². The summed E-state index contributed by atoms with van der Waals surface area (Å²) in [6, 6.07) is 0. The minimum atomic E-state index is -0.448. The van der Waals surface area contributed by atoms with Crippen molar-refractivity contribution in [2.24, 2.45) is 5.92 Å². The van der Waals surface area contributed by atoms with Gasteiger partial charge in [0.1, 0.15) is 23.0 Å². The van der Waals surface area contributed by atoms with Crippen LogP contribution in [0.2, 0.25) is 0 Å². The molecule has 1 aliphatic heterocycles. The van der Waals surface area contributed by atoms with Crippen LogP contribution in [-0.4, -0.2) is 45.6 Å². The molecule has 0 N–H and O–H groups in total. The number of carbonyl (C=O) groups excluding carboxylic acids is 1. The third-order valence-electron chi connectivity index (χ3n) is 3.32. The summed E-state index contributed by atoms with van der Waals surface area (Å²) in [5.41, 5.74) is -0.448. The van der Waals surface area contributed by atoms with Crippen molar-refractivity contribution >= 4 is 17.6 Å². The summed E-state index contributed by atoms with van der Waals surface area (Å²) in [5.74, 6) is 1.15. The van der Waals surface area contributed by atoms with E-state index < -0.39 is 5.60 Å². The fraction of sp³-hybridized carbons (Fsp3) is 0.800. The Bertz CT molecular complexity index is 498. The summed E-state index contributed by atoms with van der Waals surface area (Å²) in [7, 11) is 0. The summed E-state index contributed by atoms with van der Waals surface area (Å²) >= 11 is 1.38. The van der Waals surface area contributed by atoms with Crippen molar-refractivity contribution in [3.05, 3.63) is 10.8 Å². The van der Waals surface area contributed by atoms with Crippen LogP contribution in [0.15, 0.2) is 0 Å². The van der Waals surface area contributed by atoms with E-state index >= 15 is 0 Å².